The predicted octanol–water partition coefficient (Wildman–Crippen LogP) is 3.38. The molecule has 0 fully saturated rings. The second-order valence-electron chi connectivity index (χ2n) is 6.02. The van der Waals surface area contributed by atoms with Gasteiger partial charge in [-0.2, -0.15) is 5.10 Å². The third-order valence-corrected chi connectivity index (χ3v) is 3.96. The lowest BCUT2D eigenvalue weighted by Gasteiger charge is -2.08. The van der Waals surface area contributed by atoms with E-state index in [1.807, 2.05) is 32.2 Å². The number of hydrogen-bond donors (Lipinski definition) is 1. The van der Waals surface area contributed by atoms with Gasteiger partial charge >= 0.3 is 0 Å². The van der Waals surface area contributed by atoms with Gasteiger partial charge in [0.2, 0.25) is 0 Å². The fourth-order valence-electron chi connectivity index (χ4n) is 2.55. The summed E-state index contributed by atoms with van der Waals surface area (Å²) >= 11 is 0. The summed E-state index contributed by atoms with van der Waals surface area (Å²) in [5.41, 5.74) is 3.37. The predicted molar refractivity (Wildman–Crippen MR) is 96.3 cm³/mol. The van der Waals surface area contributed by atoms with Gasteiger partial charge in [-0.15, -0.1) is 0 Å². The summed E-state index contributed by atoms with van der Waals surface area (Å²) in [6, 6.07) is 15.0. The Kier molecular flexibility index (Phi) is 5.31. The van der Waals surface area contributed by atoms with Crippen LogP contribution in [-0.4, -0.2) is 15.7 Å². The van der Waals surface area contributed by atoms with Crippen LogP contribution in [0.3, 0.4) is 0 Å². The Bertz CT molecular complexity index is 886. The van der Waals surface area contributed by atoms with Gasteiger partial charge < -0.3 is 10.1 Å². The molecule has 1 amide bonds. The highest BCUT2D eigenvalue weighted by molar-refractivity contribution is 5.94. The van der Waals surface area contributed by atoms with Crippen molar-refractivity contribution < 1.29 is 13.9 Å². The maximum atomic E-state index is 12.9. The summed E-state index contributed by atoms with van der Waals surface area (Å²) in [6.07, 6.45) is 0. The molecular weight excluding hydrogens is 333 g/mol. The minimum Gasteiger partial charge on any atom is -0.489 e. The van der Waals surface area contributed by atoms with Crippen molar-refractivity contribution in [2.45, 2.75) is 20.1 Å². The van der Waals surface area contributed by atoms with Crippen molar-refractivity contribution >= 4 is 5.91 Å². The summed E-state index contributed by atoms with van der Waals surface area (Å²) in [5, 5.41) is 7.14. The Hall–Kier alpha value is -3.15. The number of carbonyl (C=O) groups is 1. The molecule has 1 aromatic heterocycles. The highest BCUT2D eigenvalue weighted by Crippen LogP contribution is 2.14. The summed E-state index contributed by atoms with van der Waals surface area (Å²) in [5.74, 6) is 0.156. The van der Waals surface area contributed by atoms with Gasteiger partial charge in [0.1, 0.15) is 18.2 Å². The Morgan fingerprint density at radius 3 is 2.46 bits per heavy atom. The largest absolute Gasteiger partial charge is 0.489 e. The number of ether oxygens (including phenoxy) is 1. The van der Waals surface area contributed by atoms with Gasteiger partial charge in [0.05, 0.1) is 17.9 Å². The van der Waals surface area contributed by atoms with Crippen LogP contribution in [0.1, 0.15) is 27.3 Å². The maximum Gasteiger partial charge on any atom is 0.251 e. The first-order chi connectivity index (χ1) is 12.5. The first-order valence-corrected chi connectivity index (χ1v) is 8.26. The Balaban J connectivity index is 1.53. The monoisotopic (exact) mass is 353 g/mol. The summed E-state index contributed by atoms with van der Waals surface area (Å²) in [7, 11) is 1.85. The number of nitrogens with zero attached hydrogens (tertiary/aromatic N) is 2. The Morgan fingerprint density at radius 1 is 1.15 bits per heavy atom. The van der Waals surface area contributed by atoms with Crippen molar-refractivity contribution in [3.63, 3.8) is 0 Å². The number of benzene rings is 2. The Labute approximate surface area is 151 Å². The average molecular weight is 353 g/mol. The standard InChI is InChI=1S/C20H20FN3O2/c1-14-11-18(24(2)23-14)12-22-20(25)16-5-3-15(4-6-16)13-26-19-9-7-17(21)8-10-19/h3-11H,12-13H2,1-2H3,(H,22,25). The second-order valence-corrected chi connectivity index (χ2v) is 6.02. The van der Waals surface area contributed by atoms with E-state index in [2.05, 4.69) is 10.4 Å². The van der Waals surface area contributed by atoms with Crippen LogP contribution in [0.2, 0.25) is 0 Å². The van der Waals surface area contributed by atoms with Gasteiger partial charge in [-0.25, -0.2) is 4.39 Å². The normalized spacial score (nSPS) is 10.6. The van der Waals surface area contributed by atoms with Gasteiger partial charge in [-0.1, -0.05) is 12.1 Å². The highest BCUT2D eigenvalue weighted by atomic mass is 19.1. The molecule has 0 atom stereocenters. The summed E-state index contributed by atoms with van der Waals surface area (Å²) in [6.45, 7) is 2.69. The number of amides is 1. The molecule has 0 bridgehead atoms. The van der Waals surface area contributed by atoms with E-state index < -0.39 is 0 Å². The zero-order valence-electron chi connectivity index (χ0n) is 14.7. The van der Waals surface area contributed by atoms with E-state index in [0.29, 0.717) is 24.5 Å². The quantitative estimate of drug-likeness (QED) is 0.739. The maximum absolute atomic E-state index is 12.9. The molecule has 0 spiro atoms. The molecule has 0 saturated heterocycles. The van der Waals surface area contributed by atoms with Gasteiger partial charge in [0.25, 0.3) is 5.91 Å². The van der Waals surface area contributed by atoms with Crippen LogP contribution in [0.4, 0.5) is 4.39 Å². The molecule has 134 valence electrons. The fourth-order valence-corrected chi connectivity index (χ4v) is 2.55. The number of carbonyl (C=O) groups excluding carboxylic acids is 1. The summed E-state index contributed by atoms with van der Waals surface area (Å²) in [4.78, 5) is 12.3. The topological polar surface area (TPSA) is 56.1 Å². The van der Waals surface area contributed by atoms with Crippen molar-refractivity contribution in [2.75, 3.05) is 0 Å². The average Bonchev–Trinajstić information content (AvgIpc) is 2.97. The van der Waals surface area contributed by atoms with Gasteiger partial charge in [0, 0.05) is 12.6 Å². The van der Waals surface area contributed by atoms with E-state index in [4.69, 9.17) is 4.74 Å². The van der Waals surface area contributed by atoms with Crippen molar-refractivity contribution in [1.29, 1.82) is 0 Å². The zero-order valence-corrected chi connectivity index (χ0v) is 14.7. The molecule has 0 aliphatic carbocycles. The van der Waals surface area contributed by atoms with E-state index >= 15 is 0 Å². The first-order valence-electron chi connectivity index (χ1n) is 8.26. The third-order valence-electron chi connectivity index (χ3n) is 3.96. The van der Waals surface area contributed by atoms with Crippen LogP contribution in [0.25, 0.3) is 0 Å². The highest BCUT2D eigenvalue weighted by Gasteiger charge is 2.08. The van der Waals surface area contributed by atoms with E-state index in [9.17, 15) is 9.18 Å². The van der Waals surface area contributed by atoms with Crippen LogP contribution in [0.5, 0.6) is 5.75 Å². The van der Waals surface area contributed by atoms with Crippen molar-refractivity contribution in [1.82, 2.24) is 15.1 Å². The molecule has 1 N–H and O–H groups in total. The van der Waals surface area contributed by atoms with Gasteiger partial charge in [-0.3, -0.25) is 9.48 Å². The molecule has 5 nitrogen and oxygen atoms in total. The van der Waals surface area contributed by atoms with Crippen molar-refractivity contribution in [2.24, 2.45) is 7.05 Å². The minimum absolute atomic E-state index is 0.144. The molecule has 26 heavy (non-hydrogen) atoms. The molecule has 3 rings (SSSR count). The number of rotatable bonds is 6. The van der Waals surface area contributed by atoms with E-state index in [1.165, 1.54) is 12.1 Å². The zero-order chi connectivity index (χ0) is 18.5. The van der Waals surface area contributed by atoms with Crippen LogP contribution in [0.15, 0.2) is 54.6 Å². The minimum atomic E-state index is -0.297. The van der Waals surface area contributed by atoms with Crippen LogP contribution < -0.4 is 10.1 Å². The van der Waals surface area contributed by atoms with E-state index in [-0.39, 0.29) is 11.7 Å². The molecule has 0 radical (unpaired) electrons. The van der Waals surface area contributed by atoms with Gasteiger partial charge in [0.15, 0.2) is 0 Å². The van der Waals surface area contributed by atoms with Crippen LogP contribution >= 0.6 is 0 Å². The molecular formula is C20H20FN3O2. The molecule has 0 saturated carbocycles. The number of halogens is 1. The molecule has 6 heteroatoms. The number of nitrogens with one attached hydrogen (secondary N) is 1. The second kappa shape index (κ2) is 7.82. The molecule has 0 aliphatic heterocycles. The lowest BCUT2D eigenvalue weighted by molar-refractivity contribution is 0.0950. The molecule has 2 aromatic carbocycles. The fraction of sp³-hybridized carbons (Fsp3) is 0.200. The Morgan fingerprint density at radius 2 is 1.85 bits per heavy atom. The summed E-state index contributed by atoms with van der Waals surface area (Å²) < 4.78 is 20.2. The van der Waals surface area contributed by atoms with Crippen LogP contribution in [0, 0.1) is 12.7 Å². The van der Waals surface area contributed by atoms with E-state index in [0.717, 1.165) is 17.0 Å². The van der Waals surface area contributed by atoms with Gasteiger partial charge in [-0.05, 0) is 55.0 Å². The van der Waals surface area contributed by atoms with Crippen molar-refractivity contribution in [3.8, 4) is 5.75 Å². The van der Waals surface area contributed by atoms with Crippen LogP contribution in [-0.2, 0) is 20.2 Å². The van der Waals surface area contributed by atoms with Crippen molar-refractivity contribution in [3.05, 3.63) is 82.9 Å². The number of hydrogen-bond acceptors (Lipinski definition) is 3. The third kappa shape index (κ3) is 4.47. The smallest absolute Gasteiger partial charge is 0.251 e. The SMILES string of the molecule is Cc1cc(CNC(=O)c2ccc(COc3ccc(F)cc3)cc2)n(C)n1. The molecule has 0 unspecified atom stereocenters. The molecule has 0 aliphatic rings. The molecule has 1 heterocycles. The van der Waals surface area contributed by atoms with E-state index in [1.54, 1.807) is 28.9 Å². The molecule has 3 aromatic rings. The number of aromatic nitrogens is 2. The lowest BCUT2D eigenvalue weighted by atomic mass is 10.1. The lowest BCUT2D eigenvalue weighted by Crippen LogP contribution is -2.24. The number of aryl methyl sites for hydroxylation is 2. The first kappa shape index (κ1) is 17.7.